The van der Waals surface area contributed by atoms with E-state index in [0.717, 1.165) is 23.3 Å². The van der Waals surface area contributed by atoms with Gasteiger partial charge < -0.3 is 10.6 Å². The molecule has 0 spiro atoms. The molecular formula is C20H17F3N4O. The first-order valence-electron chi connectivity index (χ1n) is 8.43. The van der Waals surface area contributed by atoms with Crippen molar-refractivity contribution in [1.29, 1.82) is 0 Å². The van der Waals surface area contributed by atoms with Crippen LogP contribution in [0.4, 0.5) is 24.7 Å². The summed E-state index contributed by atoms with van der Waals surface area (Å²) in [6.45, 7) is 2.33. The third-order valence-electron chi connectivity index (χ3n) is 3.93. The summed E-state index contributed by atoms with van der Waals surface area (Å²) in [5, 5.41) is 13.2. The van der Waals surface area contributed by atoms with E-state index in [4.69, 9.17) is 0 Å². The van der Waals surface area contributed by atoms with Crippen LogP contribution in [0.25, 0.3) is 0 Å². The van der Waals surface area contributed by atoms with Crippen LogP contribution < -0.4 is 10.6 Å². The van der Waals surface area contributed by atoms with Gasteiger partial charge >= 0.3 is 6.18 Å². The second-order valence-corrected chi connectivity index (χ2v) is 6.18. The number of carbonyl (C=O) groups is 1. The number of aryl methyl sites for hydroxylation is 1. The normalized spacial score (nSPS) is 11.1. The minimum absolute atomic E-state index is 0.113. The first-order chi connectivity index (χ1) is 13.3. The minimum atomic E-state index is -4.43. The number of alkyl halides is 3. The van der Waals surface area contributed by atoms with Crippen LogP contribution in [0, 0.1) is 6.92 Å². The van der Waals surface area contributed by atoms with Crippen molar-refractivity contribution in [3.05, 3.63) is 83.0 Å². The molecule has 5 nitrogen and oxygen atoms in total. The van der Waals surface area contributed by atoms with Crippen molar-refractivity contribution in [2.45, 2.75) is 19.6 Å². The molecule has 0 unspecified atom stereocenters. The number of benzene rings is 2. The van der Waals surface area contributed by atoms with E-state index in [1.54, 1.807) is 0 Å². The Morgan fingerprint density at radius 3 is 2.39 bits per heavy atom. The van der Waals surface area contributed by atoms with Gasteiger partial charge in [0.25, 0.3) is 5.91 Å². The van der Waals surface area contributed by atoms with E-state index < -0.39 is 17.6 Å². The van der Waals surface area contributed by atoms with E-state index in [2.05, 4.69) is 20.8 Å². The predicted octanol–water partition coefficient (Wildman–Crippen LogP) is 4.48. The highest BCUT2D eigenvalue weighted by Crippen LogP contribution is 2.31. The van der Waals surface area contributed by atoms with Gasteiger partial charge in [-0.25, -0.2) is 0 Å². The number of carbonyl (C=O) groups excluding carboxylic acids is 1. The van der Waals surface area contributed by atoms with Crippen LogP contribution in [0.3, 0.4) is 0 Å². The van der Waals surface area contributed by atoms with Crippen LogP contribution in [-0.4, -0.2) is 16.1 Å². The number of halogens is 3. The highest BCUT2D eigenvalue weighted by molar-refractivity contribution is 5.92. The summed E-state index contributed by atoms with van der Waals surface area (Å²) < 4.78 is 38.3. The summed E-state index contributed by atoms with van der Waals surface area (Å²) in [6, 6.07) is 15.4. The molecule has 28 heavy (non-hydrogen) atoms. The highest BCUT2D eigenvalue weighted by atomic mass is 19.4. The van der Waals surface area contributed by atoms with E-state index in [-0.39, 0.29) is 17.2 Å². The van der Waals surface area contributed by atoms with Gasteiger partial charge in [-0.15, -0.1) is 10.2 Å². The van der Waals surface area contributed by atoms with Crippen LogP contribution >= 0.6 is 0 Å². The largest absolute Gasteiger partial charge is 0.416 e. The molecule has 1 heterocycles. The number of rotatable bonds is 5. The lowest BCUT2D eigenvalue weighted by Crippen LogP contribution is -2.24. The first-order valence-corrected chi connectivity index (χ1v) is 8.43. The van der Waals surface area contributed by atoms with Crippen molar-refractivity contribution < 1.29 is 18.0 Å². The zero-order chi connectivity index (χ0) is 20.1. The number of amides is 1. The summed E-state index contributed by atoms with van der Waals surface area (Å²) in [4.78, 5) is 12.2. The molecule has 144 valence electrons. The molecule has 0 saturated heterocycles. The molecule has 0 atom stereocenters. The maximum absolute atomic E-state index is 12.8. The molecule has 0 fully saturated rings. The first kappa shape index (κ1) is 19.3. The van der Waals surface area contributed by atoms with Crippen molar-refractivity contribution in [2.24, 2.45) is 0 Å². The van der Waals surface area contributed by atoms with Crippen molar-refractivity contribution in [3.63, 3.8) is 0 Å². The number of aromatic nitrogens is 2. The fourth-order valence-electron chi connectivity index (χ4n) is 2.42. The number of hydrogen-bond donors (Lipinski definition) is 2. The SMILES string of the molecule is Cc1ccc(CNC(=O)c2ccc(Nc3cccc(C(F)(F)F)c3)nn2)cc1. The van der Waals surface area contributed by atoms with Crippen LogP contribution in [-0.2, 0) is 12.7 Å². The molecule has 1 amide bonds. The zero-order valence-electron chi connectivity index (χ0n) is 14.9. The molecule has 0 aliphatic heterocycles. The fourth-order valence-corrected chi connectivity index (χ4v) is 2.42. The van der Waals surface area contributed by atoms with Gasteiger partial charge in [0.1, 0.15) is 0 Å². The van der Waals surface area contributed by atoms with E-state index in [1.807, 2.05) is 31.2 Å². The lowest BCUT2D eigenvalue weighted by Gasteiger charge is -2.10. The highest BCUT2D eigenvalue weighted by Gasteiger charge is 2.30. The summed E-state index contributed by atoms with van der Waals surface area (Å²) in [6.07, 6.45) is -4.43. The monoisotopic (exact) mass is 386 g/mol. The van der Waals surface area contributed by atoms with E-state index >= 15 is 0 Å². The minimum Gasteiger partial charge on any atom is -0.347 e. The maximum atomic E-state index is 12.8. The molecular weight excluding hydrogens is 369 g/mol. The van der Waals surface area contributed by atoms with Crippen LogP contribution in [0.5, 0.6) is 0 Å². The molecule has 3 rings (SSSR count). The van der Waals surface area contributed by atoms with E-state index in [0.29, 0.717) is 6.54 Å². The van der Waals surface area contributed by atoms with Crippen molar-refractivity contribution >= 4 is 17.4 Å². The van der Waals surface area contributed by atoms with Gasteiger partial charge in [-0.3, -0.25) is 4.79 Å². The molecule has 0 radical (unpaired) electrons. The second-order valence-electron chi connectivity index (χ2n) is 6.18. The maximum Gasteiger partial charge on any atom is 0.416 e. The number of nitrogens with zero attached hydrogens (tertiary/aromatic N) is 2. The smallest absolute Gasteiger partial charge is 0.347 e. The average molecular weight is 386 g/mol. The van der Waals surface area contributed by atoms with Crippen LogP contribution in [0.2, 0.25) is 0 Å². The summed E-state index contributed by atoms with van der Waals surface area (Å²) >= 11 is 0. The Morgan fingerprint density at radius 2 is 1.75 bits per heavy atom. The zero-order valence-corrected chi connectivity index (χ0v) is 14.9. The summed E-state index contributed by atoms with van der Waals surface area (Å²) in [7, 11) is 0. The lowest BCUT2D eigenvalue weighted by molar-refractivity contribution is -0.137. The van der Waals surface area contributed by atoms with E-state index in [9.17, 15) is 18.0 Å². The van der Waals surface area contributed by atoms with Gasteiger partial charge in [0.2, 0.25) is 0 Å². The van der Waals surface area contributed by atoms with Crippen LogP contribution in [0.1, 0.15) is 27.2 Å². The van der Waals surface area contributed by atoms with Crippen molar-refractivity contribution in [1.82, 2.24) is 15.5 Å². The topological polar surface area (TPSA) is 66.9 Å². The molecule has 0 aliphatic rings. The van der Waals surface area contributed by atoms with Gasteiger partial charge in [-0.2, -0.15) is 13.2 Å². The van der Waals surface area contributed by atoms with Crippen LogP contribution in [0.15, 0.2) is 60.7 Å². The van der Waals surface area contributed by atoms with Gasteiger partial charge in [-0.05, 0) is 42.8 Å². The molecule has 3 aromatic rings. The quantitative estimate of drug-likeness (QED) is 0.679. The number of nitrogens with one attached hydrogen (secondary N) is 2. The third kappa shape index (κ3) is 5.06. The van der Waals surface area contributed by atoms with E-state index in [1.165, 1.54) is 24.3 Å². The molecule has 8 heteroatoms. The van der Waals surface area contributed by atoms with Gasteiger partial charge in [-0.1, -0.05) is 35.9 Å². The van der Waals surface area contributed by atoms with Gasteiger partial charge in [0.15, 0.2) is 11.5 Å². The molecule has 0 aliphatic carbocycles. The van der Waals surface area contributed by atoms with Gasteiger partial charge in [0, 0.05) is 12.2 Å². The van der Waals surface area contributed by atoms with Crippen molar-refractivity contribution in [2.75, 3.05) is 5.32 Å². The Labute approximate surface area is 159 Å². The second kappa shape index (κ2) is 8.08. The standard InChI is InChI=1S/C20H17F3N4O/c1-13-5-7-14(8-6-13)12-24-19(28)17-9-10-18(27-26-17)25-16-4-2-3-15(11-16)20(21,22)23/h2-11H,12H2,1H3,(H,24,28)(H,25,27). The third-order valence-corrected chi connectivity index (χ3v) is 3.93. The summed E-state index contributed by atoms with van der Waals surface area (Å²) in [5.41, 5.74) is 1.65. The van der Waals surface area contributed by atoms with Gasteiger partial charge in [0.05, 0.1) is 5.56 Å². The number of hydrogen-bond acceptors (Lipinski definition) is 4. The Kier molecular flexibility index (Phi) is 5.58. The molecule has 1 aromatic heterocycles. The Balaban J connectivity index is 1.61. The Hall–Kier alpha value is -3.42. The average Bonchev–Trinajstić information content (AvgIpc) is 2.67. The molecule has 0 bridgehead atoms. The summed E-state index contributed by atoms with van der Waals surface area (Å²) in [5.74, 6) is -0.159. The fraction of sp³-hybridized carbons (Fsp3) is 0.150. The van der Waals surface area contributed by atoms with Crippen molar-refractivity contribution in [3.8, 4) is 0 Å². The Morgan fingerprint density at radius 1 is 1.00 bits per heavy atom. The Bertz CT molecular complexity index is 954. The molecule has 2 aromatic carbocycles. The molecule has 0 saturated carbocycles. The molecule has 2 N–H and O–H groups in total. The lowest BCUT2D eigenvalue weighted by atomic mass is 10.1. The predicted molar refractivity (Wildman–Crippen MR) is 99.1 cm³/mol. The number of anilines is 2.